The average molecular weight is 722 g/mol. The molecule has 55 heavy (non-hydrogen) atoms. The second-order valence-electron chi connectivity index (χ2n) is 13.3. The lowest BCUT2D eigenvalue weighted by molar-refractivity contribution is 1.18. The minimum absolute atomic E-state index is 0.703. The molecule has 0 fully saturated rings. The third-order valence-corrected chi connectivity index (χ3v) is 11.2. The molecule has 0 aliphatic carbocycles. The van der Waals surface area contributed by atoms with Gasteiger partial charge in [-0.25, -0.2) is 15.0 Å². The molecule has 5 aromatic heterocycles. The molecule has 0 N–H and O–H groups in total. The van der Waals surface area contributed by atoms with Gasteiger partial charge in [-0.3, -0.25) is 9.97 Å². The molecule has 5 aromatic carbocycles. The number of thiophene rings is 1. The van der Waals surface area contributed by atoms with Gasteiger partial charge in [0.05, 0.1) is 27.3 Å². The van der Waals surface area contributed by atoms with Crippen LogP contribution in [-0.2, 0) is 0 Å². The average Bonchev–Trinajstić information content (AvgIpc) is 3.69. The van der Waals surface area contributed by atoms with Gasteiger partial charge in [0.15, 0.2) is 5.82 Å². The fourth-order valence-corrected chi connectivity index (χ4v) is 8.59. The van der Waals surface area contributed by atoms with Crippen molar-refractivity contribution in [2.24, 2.45) is 0 Å². The molecule has 0 atom stereocenters. The highest BCUT2D eigenvalue weighted by Gasteiger charge is 2.23. The number of nitrogens with zero attached hydrogens (tertiary/aromatic N) is 5. The molecule has 0 unspecified atom stereocenters. The lowest BCUT2D eigenvalue weighted by atomic mass is 9.94. The van der Waals surface area contributed by atoms with Crippen molar-refractivity contribution in [3.05, 3.63) is 189 Å². The molecule has 0 bridgehead atoms. The van der Waals surface area contributed by atoms with Gasteiger partial charge in [0.1, 0.15) is 0 Å². The lowest BCUT2D eigenvalue weighted by Gasteiger charge is -2.12. The lowest BCUT2D eigenvalue weighted by Crippen LogP contribution is -1.95. The minimum Gasteiger partial charge on any atom is -0.265 e. The number of hydrogen-bond donors (Lipinski definition) is 0. The van der Waals surface area contributed by atoms with Gasteiger partial charge in [0.25, 0.3) is 0 Å². The summed E-state index contributed by atoms with van der Waals surface area (Å²) in [5, 5.41) is 2.30. The van der Waals surface area contributed by atoms with Crippen molar-refractivity contribution in [2.45, 2.75) is 0 Å². The van der Waals surface area contributed by atoms with Gasteiger partial charge in [-0.15, -0.1) is 11.3 Å². The van der Waals surface area contributed by atoms with Crippen LogP contribution in [0.2, 0.25) is 0 Å². The van der Waals surface area contributed by atoms with E-state index in [0.717, 1.165) is 77.2 Å². The first-order chi connectivity index (χ1) is 27.3. The molecule has 5 heterocycles. The monoisotopic (exact) mass is 721 g/mol. The van der Waals surface area contributed by atoms with E-state index in [4.69, 9.17) is 15.0 Å². The van der Waals surface area contributed by atoms with E-state index < -0.39 is 0 Å². The highest BCUT2D eigenvalue weighted by Crippen LogP contribution is 2.50. The van der Waals surface area contributed by atoms with Crippen molar-refractivity contribution < 1.29 is 0 Å². The zero-order chi connectivity index (χ0) is 36.6. The topological polar surface area (TPSA) is 64.5 Å². The van der Waals surface area contributed by atoms with E-state index in [2.05, 4.69) is 131 Å². The van der Waals surface area contributed by atoms with Crippen LogP contribution in [0.15, 0.2) is 189 Å². The van der Waals surface area contributed by atoms with Crippen molar-refractivity contribution in [1.82, 2.24) is 24.9 Å². The fourth-order valence-electron chi connectivity index (χ4n) is 7.23. The number of hydrogen-bond acceptors (Lipinski definition) is 6. The third-order valence-electron chi connectivity index (χ3n) is 9.92. The zero-order valence-electron chi connectivity index (χ0n) is 29.5. The van der Waals surface area contributed by atoms with E-state index in [0.29, 0.717) is 5.82 Å². The summed E-state index contributed by atoms with van der Waals surface area (Å²) >= 11 is 1.79. The Balaban J connectivity index is 1.14. The molecule has 10 aromatic rings. The third kappa shape index (κ3) is 6.14. The molecule has 5 nitrogen and oxygen atoms in total. The van der Waals surface area contributed by atoms with Crippen LogP contribution in [0, 0.1) is 0 Å². The van der Waals surface area contributed by atoms with E-state index in [1.807, 2.05) is 67.3 Å². The Bertz CT molecular complexity index is 2880. The second-order valence-corrected chi connectivity index (χ2v) is 14.3. The van der Waals surface area contributed by atoms with E-state index in [9.17, 15) is 0 Å². The summed E-state index contributed by atoms with van der Waals surface area (Å²) in [4.78, 5) is 25.2. The molecular formula is C49H31N5S. The molecular weight excluding hydrogens is 691 g/mol. The van der Waals surface area contributed by atoms with Crippen molar-refractivity contribution in [1.29, 1.82) is 0 Å². The number of rotatable bonds is 7. The molecule has 10 rings (SSSR count). The number of fused-ring (bicyclic) bond motifs is 3. The summed E-state index contributed by atoms with van der Waals surface area (Å²) in [5.74, 6) is 0.703. The molecule has 0 saturated heterocycles. The normalized spacial score (nSPS) is 11.3. The quantitative estimate of drug-likeness (QED) is 0.164. The molecule has 0 aliphatic heterocycles. The fraction of sp³-hybridized carbons (Fsp3) is 0. The van der Waals surface area contributed by atoms with Gasteiger partial charge in [-0.05, 0) is 64.7 Å². The second kappa shape index (κ2) is 14.0. The Morgan fingerprint density at radius 2 is 0.909 bits per heavy atom. The maximum absolute atomic E-state index is 5.34. The van der Waals surface area contributed by atoms with E-state index in [-0.39, 0.29) is 0 Å². The number of pyridine rings is 3. The number of aromatic nitrogens is 5. The van der Waals surface area contributed by atoms with Gasteiger partial charge >= 0.3 is 0 Å². The molecule has 0 amide bonds. The van der Waals surface area contributed by atoms with Crippen LogP contribution in [-0.4, -0.2) is 24.9 Å². The van der Waals surface area contributed by atoms with Crippen LogP contribution in [0.3, 0.4) is 0 Å². The molecule has 0 radical (unpaired) electrons. The highest BCUT2D eigenvalue weighted by molar-refractivity contribution is 7.23. The Morgan fingerprint density at radius 1 is 0.382 bits per heavy atom. The summed E-state index contributed by atoms with van der Waals surface area (Å²) in [5.41, 5.74) is 13.5. The van der Waals surface area contributed by atoms with Crippen LogP contribution in [0.25, 0.3) is 98.8 Å². The van der Waals surface area contributed by atoms with Crippen LogP contribution >= 0.6 is 11.3 Å². The van der Waals surface area contributed by atoms with Crippen LogP contribution in [0.1, 0.15) is 0 Å². The van der Waals surface area contributed by atoms with Gasteiger partial charge in [-0.1, -0.05) is 121 Å². The maximum Gasteiger partial charge on any atom is 0.160 e. The van der Waals surface area contributed by atoms with Gasteiger partial charge < -0.3 is 0 Å². The summed E-state index contributed by atoms with van der Waals surface area (Å²) in [6.07, 6.45) is 7.46. The standard InChI is InChI=1S/C49H31N5S/c1-4-10-33(11-5-1)42-31-43(54-49(53-42)38-14-8-3-9-15-38)34-18-16-32(17-19-34)39-20-21-41-40(30-39)45-44(35-22-26-50-27-23-35)47(37-24-28-51-29-25-37)55-48(45)46(52-41)36-12-6-2-7-13-36/h1-31H. The highest BCUT2D eigenvalue weighted by atomic mass is 32.1. The van der Waals surface area contributed by atoms with Crippen molar-refractivity contribution in [3.8, 4) is 77.9 Å². The first kappa shape index (κ1) is 32.5. The van der Waals surface area contributed by atoms with Crippen molar-refractivity contribution in [3.63, 3.8) is 0 Å². The Morgan fingerprint density at radius 3 is 1.55 bits per heavy atom. The smallest absolute Gasteiger partial charge is 0.160 e. The van der Waals surface area contributed by atoms with E-state index >= 15 is 0 Å². The summed E-state index contributed by atoms with van der Waals surface area (Å²) < 4.78 is 1.15. The van der Waals surface area contributed by atoms with Crippen molar-refractivity contribution >= 4 is 32.3 Å². The van der Waals surface area contributed by atoms with Crippen LogP contribution in [0.4, 0.5) is 0 Å². The molecule has 258 valence electrons. The zero-order valence-corrected chi connectivity index (χ0v) is 30.4. The summed E-state index contributed by atoms with van der Waals surface area (Å²) in [7, 11) is 0. The maximum atomic E-state index is 5.34. The SMILES string of the molecule is c1ccc(-c2cc(-c3ccc(-c4ccc5nc(-c6ccccc6)c6sc(-c7ccncc7)c(-c7ccncc7)c6c5c4)cc3)nc(-c3ccccc3)n2)cc1. The summed E-state index contributed by atoms with van der Waals surface area (Å²) in [6, 6.07) is 56.7. The molecule has 0 saturated carbocycles. The van der Waals surface area contributed by atoms with Crippen LogP contribution in [0.5, 0.6) is 0 Å². The number of benzene rings is 5. The van der Waals surface area contributed by atoms with Gasteiger partial charge in [0.2, 0.25) is 0 Å². The molecule has 0 aliphatic rings. The molecule has 6 heteroatoms. The summed E-state index contributed by atoms with van der Waals surface area (Å²) in [6.45, 7) is 0. The Hall–Kier alpha value is -7.15. The Labute approximate surface area is 322 Å². The first-order valence-electron chi connectivity index (χ1n) is 18.1. The van der Waals surface area contributed by atoms with Gasteiger partial charge in [0, 0.05) is 68.3 Å². The minimum atomic E-state index is 0.703. The van der Waals surface area contributed by atoms with Gasteiger partial charge in [-0.2, -0.15) is 0 Å². The van der Waals surface area contributed by atoms with Crippen LogP contribution < -0.4 is 0 Å². The van der Waals surface area contributed by atoms with E-state index in [1.54, 1.807) is 11.3 Å². The predicted molar refractivity (Wildman–Crippen MR) is 226 cm³/mol. The first-order valence-corrected chi connectivity index (χ1v) is 19.0. The van der Waals surface area contributed by atoms with E-state index in [1.165, 1.54) is 15.8 Å². The largest absolute Gasteiger partial charge is 0.265 e. The predicted octanol–water partition coefficient (Wildman–Crippen LogP) is 12.7. The molecule has 0 spiro atoms. The van der Waals surface area contributed by atoms with Crippen molar-refractivity contribution in [2.75, 3.05) is 0 Å². The Kier molecular flexibility index (Phi) is 8.28.